The number of hydrogen-bond donors (Lipinski definition) is 12. The summed E-state index contributed by atoms with van der Waals surface area (Å²) in [5, 5.41) is 63.1. The van der Waals surface area contributed by atoms with E-state index in [9.17, 15) is 29.9 Å². The van der Waals surface area contributed by atoms with E-state index < -0.39 is 98.4 Å². The van der Waals surface area contributed by atoms with Crippen LogP contribution in [0.4, 0.5) is 4.39 Å². The lowest BCUT2D eigenvalue weighted by atomic mass is 9.75. The first-order valence-electron chi connectivity index (χ1n) is 14.5. The van der Waals surface area contributed by atoms with Crippen molar-refractivity contribution in [1.29, 1.82) is 5.41 Å². The van der Waals surface area contributed by atoms with Gasteiger partial charge in [-0.1, -0.05) is 0 Å². The highest BCUT2D eigenvalue weighted by molar-refractivity contribution is 5.90. The van der Waals surface area contributed by atoms with Gasteiger partial charge in [-0.3, -0.25) is 10.4 Å². The van der Waals surface area contributed by atoms with E-state index in [1.54, 1.807) is 0 Å². The van der Waals surface area contributed by atoms with Crippen molar-refractivity contribution in [2.24, 2.45) is 33.7 Å². The summed E-state index contributed by atoms with van der Waals surface area (Å²) in [6, 6.07) is -3.89. The second-order valence-corrected chi connectivity index (χ2v) is 12.0. The first-order valence-corrected chi connectivity index (χ1v) is 14.5. The highest BCUT2D eigenvalue weighted by Gasteiger charge is 2.52. The van der Waals surface area contributed by atoms with Crippen molar-refractivity contribution in [3.8, 4) is 0 Å². The van der Waals surface area contributed by atoms with E-state index in [-0.39, 0.29) is 43.5 Å². The van der Waals surface area contributed by atoms with Crippen LogP contribution in [0.25, 0.3) is 0 Å². The Kier molecular flexibility index (Phi) is 11.3. The van der Waals surface area contributed by atoms with E-state index in [2.05, 4.69) is 10.3 Å². The van der Waals surface area contributed by atoms with Crippen molar-refractivity contribution in [3.63, 3.8) is 0 Å². The third-order valence-electron chi connectivity index (χ3n) is 8.66. The zero-order valence-electron chi connectivity index (χ0n) is 23.8. The predicted octanol–water partition coefficient (Wildman–Crippen LogP) is -5.44. The van der Waals surface area contributed by atoms with Gasteiger partial charge < -0.3 is 78.5 Å². The molecule has 13 atom stereocenters. The fourth-order valence-corrected chi connectivity index (χ4v) is 5.99. The second-order valence-electron chi connectivity index (χ2n) is 12.0. The SMILES string of the molecule is N=C(CF)NC[C@@H]1CCC(N)[C@@H](OC2C(O)C(O[C@H]3OC(CO)C(O)[C@H](N)C3O)[C@H](N=C(N)C3(O)CC(N)C3)C[C@@H]2N)O1. The smallest absolute Gasteiger partial charge is 0.186 e. The standard InChI is InChI=1S/C25H47FN8O9/c26-6-15(30)33-7-10-1-2-11(28)22(40-10)42-20-12(29)3-13(34-24(32)25(39)4-9(27)5-25)21(19(20)38)43-23-18(37)16(31)17(36)14(8-35)41-23/h9-14,16-23,35-39H,1-8,27-29,31H2,(H2,30,33)(H2,32,34)/t9?,10-,11?,12-,13+,14?,16-,17?,18?,19?,20?,21?,22+,23+,25?/m0/s1. The summed E-state index contributed by atoms with van der Waals surface area (Å²) in [5.41, 5.74) is 29.2. The molecule has 17 N–H and O–H groups in total. The molecular weight excluding hydrogens is 575 g/mol. The van der Waals surface area contributed by atoms with Gasteiger partial charge >= 0.3 is 0 Å². The van der Waals surface area contributed by atoms with E-state index >= 15 is 0 Å². The zero-order chi connectivity index (χ0) is 31.6. The van der Waals surface area contributed by atoms with Crippen molar-refractivity contribution >= 4 is 11.7 Å². The molecule has 7 unspecified atom stereocenters. The Labute approximate surface area is 248 Å². The monoisotopic (exact) mass is 622 g/mol. The summed E-state index contributed by atoms with van der Waals surface area (Å²) < 4.78 is 36.4. The molecule has 4 aliphatic rings. The minimum Gasteiger partial charge on any atom is -0.394 e. The first kappa shape index (κ1) is 34.2. The molecule has 4 fully saturated rings. The van der Waals surface area contributed by atoms with Crippen molar-refractivity contribution < 1.29 is 48.9 Å². The molecule has 248 valence electrons. The Balaban J connectivity index is 1.54. The van der Waals surface area contributed by atoms with Gasteiger partial charge in [-0.25, -0.2) is 4.39 Å². The van der Waals surface area contributed by atoms with Crippen LogP contribution in [-0.4, -0.2) is 148 Å². The Morgan fingerprint density at radius 1 is 0.977 bits per heavy atom. The van der Waals surface area contributed by atoms with Gasteiger partial charge in [0.25, 0.3) is 0 Å². The molecule has 0 amide bonds. The molecule has 0 spiro atoms. The van der Waals surface area contributed by atoms with Gasteiger partial charge in [0, 0.05) is 18.6 Å². The van der Waals surface area contributed by atoms with Gasteiger partial charge in [0.15, 0.2) is 12.6 Å². The number of amidine groups is 2. The van der Waals surface area contributed by atoms with Crippen LogP contribution in [-0.2, 0) is 18.9 Å². The molecule has 0 aromatic heterocycles. The van der Waals surface area contributed by atoms with Crippen LogP contribution >= 0.6 is 0 Å². The molecule has 0 radical (unpaired) electrons. The van der Waals surface area contributed by atoms with Crippen molar-refractivity contribution in [2.75, 3.05) is 19.8 Å². The molecule has 2 saturated heterocycles. The molecule has 0 aromatic rings. The van der Waals surface area contributed by atoms with Crippen LogP contribution in [0.15, 0.2) is 4.99 Å². The highest BCUT2D eigenvalue weighted by Crippen LogP contribution is 2.35. The van der Waals surface area contributed by atoms with Crippen LogP contribution in [0, 0.1) is 5.41 Å². The van der Waals surface area contributed by atoms with Gasteiger partial charge in [-0.05, 0) is 32.1 Å². The lowest BCUT2D eigenvalue weighted by molar-refractivity contribution is -0.312. The van der Waals surface area contributed by atoms with Crippen LogP contribution in [0.5, 0.6) is 0 Å². The molecule has 43 heavy (non-hydrogen) atoms. The Morgan fingerprint density at radius 2 is 1.65 bits per heavy atom. The summed E-state index contributed by atoms with van der Waals surface area (Å²) in [5.74, 6) is -0.410. The summed E-state index contributed by atoms with van der Waals surface area (Å²) in [6.07, 6.45) is -9.62. The maximum atomic E-state index is 12.7. The number of aliphatic hydroxyl groups is 5. The number of nitrogens with zero attached hydrogens (tertiary/aromatic N) is 1. The topological polar surface area (TPSA) is 316 Å². The molecular formula is C25H47FN8O9. The largest absolute Gasteiger partial charge is 0.394 e. The van der Waals surface area contributed by atoms with Crippen LogP contribution < -0.4 is 34.0 Å². The number of alkyl halides is 1. The van der Waals surface area contributed by atoms with E-state index in [1.165, 1.54) is 0 Å². The number of nitrogens with two attached hydrogens (primary N) is 5. The molecule has 0 bridgehead atoms. The molecule has 2 aliphatic carbocycles. The average Bonchev–Trinajstić information content (AvgIpc) is 2.96. The number of hydrogen-bond acceptors (Lipinski definition) is 15. The summed E-state index contributed by atoms with van der Waals surface area (Å²) in [6.45, 7) is -1.42. The molecule has 18 heteroatoms. The second kappa shape index (κ2) is 14.2. The third kappa shape index (κ3) is 7.60. The quantitative estimate of drug-likeness (QED) is 0.0799. The van der Waals surface area contributed by atoms with Crippen LogP contribution in [0.2, 0.25) is 0 Å². The van der Waals surface area contributed by atoms with Gasteiger partial charge in [-0.2, -0.15) is 0 Å². The highest BCUT2D eigenvalue weighted by atomic mass is 19.1. The van der Waals surface area contributed by atoms with Crippen LogP contribution in [0.1, 0.15) is 32.1 Å². The fraction of sp³-hybridized carbons (Fsp3) is 0.920. The van der Waals surface area contributed by atoms with Gasteiger partial charge in [0.1, 0.15) is 60.6 Å². The summed E-state index contributed by atoms with van der Waals surface area (Å²) in [4.78, 5) is 4.45. The van der Waals surface area contributed by atoms with Crippen LogP contribution in [0.3, 0.4) is 0 Å². The summed E-state index contributed by atoms with van der Waals surface area (Å²) >= 11 is 0. The van der Waals surface area contributed by atoms with Gasteiger partial charge in [-0.15, -0.1) is 0 Å². The van der Waals surface area contributed by atoms with Crippen molar-refractivity contribution in [2.45, 2.75) is 123 Å². The Bertz CT molecular complexity index is 979. The maximum Gasteiger partial charge on any atom is 0.186 e. The average molecular weight is 623 g/mol. The Morgan fingerprint density at radius 3 is 2.28 bits per heavy atom. The van der Waals surface area contributed by atoms with E-state index in [0.717, 1.165) is 0 Å². The molecule has 0 aromatic carbocycles. The third-order valence-corrected chi connectivity index (χ3v) is 8.66. The molecule has 2 heterocycles. The van der Waals surface area contributed by atoms with E-state index in [1.807, 2.05) is 0 Å². The number of halogens is 1. The van der Waals surface area contributed by atoms with Crippen molar-refractivity contribution in [3.05, 3.63) is 0 Å². The normalized spacial score (nSPS) is 47.5. The van der Waals surface area contributed by atoms with Gasteiger partial charge in [0.05, 0.1) is 30.8 Å². The predicted molar refractivity (Wildman–Crippen MR) is 149 cm³/mol. The zero-order valence-corrected chi connectivity index (χ0v) is 23.8. The number of nitrogens with one attached hydrogen (secondary N) is 2. The molecule has 2 aliphatic heterocycles. The molecule has 2 saturated carbocycles. The lowest BCUT2D eigenvalue weighted by Crippen LogP contribution is -2.67. The number of ether oxygens (including phenoxy) is 4. The Hall–Kier alpha value is -1.65. The van der Waals surface area contributed by atoms with E-state index in [4.69, 9.17) is 53.0 Å². The maximum absolute atomic E-state index is 12.7. The molecule has 4 rings (SSSR count). The van der Waals surface area contributed by atoms with Gasteiger partial charge in [0.2, 0.25) is 0 Å². The lowest BCUT2D eigenvalue weighted by Gasteiger charge is -2.48. The fourth-order valence-electron chi connectivity index (χ4n) is 5.99. The number of aliphatic imine (C=N–C) groups is 1. The minimum atomic E-state index is -1.55. The van der Waals surface area contributed by atoms with Crippen molar-refractivity contribution in [1.82, 2.24) is 5.32 Å². The molecule has 17 nitrogen and oxygen atoms in total. The number of aliphatic hydroxyl groups excluding tert-OH is 4. The number of rotatable bonds is 10. The minimum absolute atomic E-state index is 0.0384. The first-order chi connectivity index (χ1) is 20.3. The van der Waals surface area contributed by atoms with E-state index in [0.29, 0.717) is 12.8 Å². The summed E-state index contributed by atoms with van der Waals surface area (Å²) in [7, 11) is 0.